The number of hydrogen-bond acceptors (Lipinski definition) is 7. The molecule has 0 spiro atoms. The highest BCUT2D eigenvalue weighted by molar-refractivity contribution is 6.02. The Balaban J connectivity index is 1.46. The van der Waals surface area contributed by atoms with E-state index in [9.17, 15) is 14.4 Å². The van der Waals surface area contributed by atoms with Gasteiger partial charge in [0.05, 0.1) is 25.0 Å². The molecule has 0 radical (unpaired) electrons. The van der Waals surface area contributed by atoms with Crippen molar-refractivity contribution in [1.29, 1.82) is 0 Å². The third kappa shape index (κ3) is 6.38. The van der Waals surface area contributed by atoms with Crippen molar-refractivity contribution in [2.75, 3.05) is 61.6 Å². The predicted molar refractivity (Wildman–Crippen MR) is 138 cm³/mol. The molecule has 36 heavy (non-hydrogen) atoms. The minimum absolute atomic E-state index is 0.157. The van der Waals surface area contributed by atoms with Crippen molar-refractivity contribution in [3.05, 3.63) is 48.0 Å². The molecule has 3 amide bonds. The number of amides is 3. The number of nitrogens with zero attached hydrogens (tertiary/aromatic N) is 2. The van der Waals surface area contributed by atoms with Crippen LogP contribution in [0.5, 0.6) is 5.75 Å². The highest BCUT2D eigenvalue weighted by Gasteiger charge is 2.28. The highest BCUT2D eigenvalue weighted by atomic mass is 16.5. The third-order valence-electron chi connectivity index (χ3n) is 6.16. The number of para-hydroxylation sites is 2. The number of esters is 1. The first-order chi connectivity index (χ1) is 17.5. The third-order valence-corrected chi connectivity index (χ3v) is 6.16. The number of carbonyl (C=O) groups is 3. The Morgan fingerprint density at radius 1 is 0.972 bits per heavy atom. The molecule has 0 aromatic heterocycles. The maximum atomic E-state index is 13.1. The topological polar surface area (TPSA) is 112 Å². The van der Waals surface area contributed by atoms with E-state index in [-0.39, 0.29) is 25.1 Å². The normalized spacial score (nSPS) is 15.2. The van der Waals surface area contributed by atoms with Gasteiger partial charge in [-0.2, -0.15) is 0 Å². The van der Waals surface area contributed by atoms with Gasteiger partial charge in [-0.25, -0.2) is 4.79 Å². The molecule has 2 aliphatic rings. The number of anilines is 3. The minimum Gasteiger partial charge on any atom is -0.495 e. The van der Waals surface area contributed by atoms with Crippen LogP contribution in [0.1, 0.15) is 30.1 Å². The van der Waals surface area contributed by atoms with E-state index < -0.39 is 12.0 Å². The Morgan fingerprint density at radius 3 is 2.33 bits per heavy atom. The van der Waals surface area contributed by atoms with E-state index in [4.69, 9.17) is 9.47 Å². The summed E-state index contributed by atoms with van der Waals surface area (Å²) < 4.78 is 10.3. The van der Waals surface area contributed by atoms with Gasteiger partial charge in [-0.3, -0.25) is 9.59 Å². The number of methoxy groups -OCH3 is 1. The zero-order valence-electron chi connectivity index (χ0n) is 20.7. The number of piperazine rings is 1. The largest absolute Gasteiger partial charge is 0.495 e. The zero-order chi connectivity index (χ0) is 25.5. The Hall–Kier alpha value is -3.95. The lowest BCUT2D eigenvalue weighted by atomic mass is 10.1. The summed E-state index contributed by atoms with van der Waals surface area (Å²) in [6.45, 7) is 4.73. The fraction of sp³-hybridized carbons (Fsp3) is 0.423. The van der Waals surface area contributed by atoms with Crippen molar-refractivity contribution >= 4 is 35.0 Å². The van der Waals surface area contributed by atoms with Gasteiger partial charge in [0, 0.05) is 43.6 Å². The van der Waals surface area contributed by atoms with Gasteiger partial charge in [-0.15, -0.1) is 0 Å². The highest BCUT2D eigenvalue weighted by Crippen LogP contribution is 2.31. The van der Waals surface area contributed by atoms with Crippen molar-refractivity contribution in [2.24, 2.45) is 0 Å². The van der Waals surface area contributed by atoms with Crippen LogP contribution in [0.3, 0.4) is 0 Å². The van der Waals surface area contributed by atoms with Crippen molar-refractivity contribution in [3.8, 4) is 5.75 Å². The first kappa shape index (κ1) is 25.2. The molecule has 3 N–H and O–H groups in total. The second kappa shape index (κ2) is 11.7. The second-order valence-corrected chi connectivity index (χ2v) is 8.74. The van der Waals surface area contributed by atoms with Gasteiger partial charge in [-0.1, -0.05) is 12.1 Å². The lowest BCUT2D eigenvalue weighted by Crippen LogP contribution is -2.47. The molecule has 192 valence electrons. The summed E-state index contributed by atoms with van der Waals surface area (Å²) >= 11 is 0. The Kier molecular flexibility index (Phi) is 8.14. The zero-order valence-corrected chi connectivity index (χ0v) is 20.7. The fourth-order valence-corrected chi connectivity index (χ4v) is 4.18. The van der Waals surface area contributed by atoms with Crippen molar-refractivity contribution in [3.63, 3.8) is 0 Å². The van der Waals surface area contributed by atoms with Crippen molar-refractivity contribution in [2.45, 2.75) is 25.8 Å². The molecule has 10 heteroatoms. The van der Waals surface area contributed by atoms with Crippen LogP contribution in [0.15, 0.2) is 42.5 Å². The number of rotatable bonds is 9. The average molecular weight is 496 g/mol. The monoisotopic (exact) mass is 495 g/mol. The summed E-state index contributed by atoms with van der Waals surface area (Å²) in [5.41, 5.74) is 2.86. The van der Waals surface area contributed by atoms with E-state index in [1.807, 2.05) is 24.3 Å². The Bertz CT molecular complexity index is 1100. The number of nitrogens with one attached hydrogen (secondary N) is 3. The molecule has 2 aromatic carbocycles. The molecule has 10 nitrogen and oxygen atoms in total. The standard InChI is InChI=1S/C26H33N5O5/c1-3-36-24(32)17-27-26(34)29-19-10-11-21(20(16-19)25(33)28-18-8-9-18)30-12-14-31(15-13-30)22-6-4-5-7-23(22)35-2/h4-7,10-11,16,18H,3,8-9,12-15,17H2,1-2H3,(H,28,33)(H2,27,29,34). The Labute approximate surface area is 210 Å². The first-order valence-electron chi connectivity index (χ1n) is 12.3. The number of benzene rings is 2. The average Bonchev–Trinajstić information content (AvgIpc) is 3.72. The molecule has 0 bridgehead atoms. The Morgan fingerprint density at radius 2 is 1.67 bits per heavy atom. The number of ether oxygens (including phenoxy) is 2. The van der Waals surface area contributed by atoms with Gasteiger partial charge >= 0.3 is 12.0 Å². The first-order valence-corrected chi connectivity index (χ1v) is 12.3. The minimum atomic E-state index is -0.547. The van der Waals surface area contributed by atoms with E-state index >= 15 is 0 Å². The van der Waals surface area contributed by atoms with Gasteiger partial charge in [0.2, 0.25) is 0 Å². The molecule has 1 aliphatic carbocycles. The van der Waals surface area contributed by atoms with Crippen LogP contribution in [-0.2, 0) is 9.53 Å². The summed E-state index contributed by atoms with van der Waals surface area (Å²) in [6.07, 6.45) is 1.96. The van der Waals surface area contributed by atoms with Crippen LogP contribution in [0.2, 0.25) is 0 Å². The molecular weight excluding hydrogens is 462 g/mol. The van der Waals surface area contributed by atoms with Crippen LogP contribution in [-0.4, -0.2) is 70.4 Å². The summed E-state index contributed by atoms with van der Waals surface area (Å²) in [4.78, 5) is 41.3. The fourth-order valence-electron chi connectivity index (χ4n) is 4.18. The van der Waals surface area contributed by atoms with Crippen molar-refractivity contribution < 1.29 is 23.9 Å². The summed E-state index contributed by atoms with van der Waals surface area (Å²) in [6, 6.07) is 12.9. The van der Waals surface area contributed by atoms with Crippen LogP contribution in [0.25, 0.3) is 0 Å². The summed E-state index contributed by atoms with van der Waals surface area (Å²) in [7, 11) is 1.67. The SMILES string of the molecule is CCOC(=O)CNC(=O)Nc1ccc(N2CCN(c3ccccc3OC)CC2)c(C(=O)NC2CC2)c1. The van der Waals surface area contributed by atoms with E-state index in [0.717, 1.165) is 56.1 Å². The number of carbonyl (C=O) groups excluding carboxylic acids is 3. The van der Waals surface area contributed by atoms with E-state index in [1.165, 1.54) is 0 Å². The number of urea groups is 1. The smallest absolute Gasteiger partial charge is 0.325 e. The van der Waals surface area contributed by atoms with Gasteiger partial charge < -0.3 is 35.2 Å². The second-order valence-electron chi connectivity index (χ2n) is 8.74. The van der Waals surface area contributed by atoms with Crippen LogP contribution in [0.4, 0.5) is 21.9 Å². The summed E-state index contributed by atoms with van der Waals surface area (Å²) in [5, 5.41) is 8.21. The molecule has 1 heterocycles. The molecule has 0 unspecified atom stereocenters. The molecule has 1 aliphatic heterocycles. The van der Waals surface area contributed by atoms with Gasteiger partial charge in [-0.05, 0) is 50.1 Å². The maximum absolute atomic E-state index is 13.1. The maximum Gasteiger partial charge on any atom is 0.325 e. The van der Waals surface area contributed by atoms with E-state index in [0.29, 0.717) is 11.3 Å². The van der Waals surface area contributed by atoms with E-state index in [1.54, 1.807) is 26.2 Å². The molecule has 1 saturated heterocycles. The molecule has 4 rings (SSSR count). The molecule has 2 fully saturated rings. The summed E-state index contributed by atoms with van der Waals surface area (Å²) in [5.74, 6) is 0.169. The van der Waals surface area contributed by atoms with Gasteiger partial charge in [0.1, 0.15) is 12.3 Å². The lowest BCUT2D eigenvalue weighted by Gasteiger charge is -2.38. The van der Waals surface area contributed by atoms with Crippen LogP contribution in [0, 0.1) is 0 Å². The lowest BCUT2D eigenvalue weighted by molar-refractivity contribution is -0.141. The van der Waals surface area contributed by atoms with Gasteiger partial charge in [0.25, 0.3) is 5.91 Å². The quantitative estimate of drug-likeness (QED) is 0.459. The van der Waals surface area contributed by atoms with Crippen LogP contribution >= 0.6 is 0 Å². The molecule has 0 atom stereocenters. The molecule has 1 saturated carbocycles. The van der Waals surface area contributed by atoms with Gasteiger partial charge in [0.15, 0.2) is 0 Å². The number of hydrogen-bond donors (Lipinski definition) is 3. The van der Waals surface area contributed by atoms with Crippen LogP contribution < -0.4 is 30.5 Å². The molecular formula is C26H33N5O5. The van der Waals surface area contributed by atoms with Crippen molar-refractivity contribution in [1.82, 2.24) is 10.6 Å². The van der Waals surface area contributed by atoms with E-state index in [2.05, 4.69) is 31.8 Å². The molecule has 2 aromatic rings. The predicted octanol–water partition coefficient (Wildman–Crippen LogP) is 2.60.